The highest BCUT2D eigenvalue weighted by atomic mass is 16.6. The number of carbonyl (C=O) groups excluding carboxylic acids is 1. The SMILES string of the molecule is CC(C)(C)C1CCC(CNC(=O)Oc2ccc3c(c2)CCN3Cc2ccccc2)CC1. The van der Waals surface area contributed by atoms with Crippen LogP contribution in [0.25, 0.3) is 0 Å². The van der Waals surface area contributed by atoms with Crippen LogP contribution in [-0.4, -0.2) is 19.2 Å². The minimum Gasteiger partial charge on any atom is -0.410 e. The topological polar surface area (TPSA) is 41.6 Å². The number of amides is 1. The third kappa shape index (κ3) is 5.61. The van der Waals surface area contributed by atoms with E-state index in [-0.39, 0.29) is 6.09 Å². The number of hydrogen-bond acceptors (Lipinski definition) is 3. The van der Waals surface area contributed by atoms with Gasteiger partial charge in [-0.15, -0.1) is 0 Å². The summed E-state index contributed by atoms with van der Waals surface area (Å²) in [5.74, 6) is 2.00. The van der Waals surface area contributed by atoms with Gasteiger partial charge >= 0.3 is 6.09 Å². The first-order valence-electron chi connectivity index (χ1n) is 11.8. The maximum atomic E-state index is 12.3. The van der Waals surface area contributed by atoms with Crippen molar-refractivity contribution in [3.63, 3.8) is 0 Å². The largest absolute Gasteiger partial charge is 0.412 e. The Morgan fingerprint density at radius 3 is 2.52 bits per heavy atom. The summed E-state index contributed by atoms with van der Waals surface area (Å²) in [6, 6.07) is 16.6. The number of ether oxygens (including phenoxy) is 1. The van der Waals surface area contributed by atoms with Crippen LogP contribution in [0.4, 0.5) is 10.5 Å². The molecule has 0 saturated heterocycles. The zero-order valence-electron chi connectivity index (χ0n) is 19.2. The molecular weight excluding hydrogens is 384 g/mol. The number of nitrogens with one attached hydrogen (secondary N) is 1. The van der Waals surface area contributed by atoms with Gasteiger partial charge in [-0.25, -0.2) is 4.79 Å². The number of carbonyl (C=O) groups is 1. The molecule has 0 spiro atoms. The molecule has 1 heterocycles. The highest BCUT2D eigenvalue weighted by Gasteiger charge is 2.29. The van der Waals surface area contributed by atoms with Gasteiger partial charge in [0, 0.05) is 25.3 Å². The van der Waals surface area contributed by atoms with Crippen molar-refractivity contribution in [2.24, 2.45) is 17.3 Å². The fraction of sp³-hybridized carbons (Fsp3) is 0.519. The molecule has 166 valence electrons. The van der Waals surface area contributed by atoms with Gasteiger partial charge in [-0.1, -0.05) is 51.1 Å². The Morgan fingerprint density at radius 2 is 1.81 bits per heavy atom. The second kappa shape index (κ2) is 9.33. The molecule has 0 radical (unpaired) electrons. The molecule has 4 nitrogen and oxygen atoms in total. The van der Waals surface area contributed by atoms with Crippen LogP contribution < -0.4 is 15.0 Å². The van der Waals surface area contributed by atoms with Gasteiger partial charge in [-0.05, 0) is 78.7 Å². The number of benzene rings is 2. The normalized spacial score (nSPS) is 20.9. The summed E-state index contributed by atoms with van der Waals surface area (Å²) >= 11 is 0. The molecule has 2 aromatic carbocycles. The second-order valence-electron chi connectivity index (χ2n) is 10.3. The molecule has 0 atom stereocenters. The van der Waals surface area contributed by atoms with Crippen molar-refractivity contribution >= 4 is 11.8 Å². The van der Waals surface area contributed by atoms with Crippen molar-refractivity contribution in [1.29, 1.82) is 0 Å². The molecule has 0 unspecified atom stereocenters. The van der Waals surface area contributed by atoms with Crippen molar-refractivity contribution < 1.29 is 9.53 Å². The Morgan fingerprint density at radius 1 is 1.06 bits per heavy atom. The van der Waals surface area contributed by atoms with Gasteiger partial charge in [0.15, 0.2) is 0 Å². The second-order valence-corrected chi connectivity index (χ2v) is 10.3. The molecule has 0 bridgehead atoms. The summed E-state index contributed by atoms with van der Waals surface area (Å²) in [6.07, 6.45) is 5.55. The smallest absolute Gasteiger partial charge is 0.410 e. The molecule has 1 aliphatic heterocycles. The number of anilines is 1. The lowest BCUT2D eigenvalue weighted by atomic mass is 9.70. The quantitative estimate of drug-likeness (QED) is 0.627. The lowest BCUT2D eigenvalue weighted by Crippen LogP contribution is -2.34. The Labute approximate surface area is 187 Å². The first-order chi connectivity index (χ1) is 14.9. The van der Waals surface area contributed by atoms with Gasteiger partial charge in [-0.2, -0.15) is 0 Å². The maximum absolute atomic E-state index is 12.3. The van der Waals surface area contributed by atoms with Crippen LogP contribution in [0.15, 0.2) is 48.5 Å². The average molecular weight is 421 g/mol. The van der Waals surface area contributed by atoms with E-state index in [0.717, 1.165) is 25.4 Å². The zero-order valence-corrected chi connectivity index (χ0v) is 19.2. The maximum Gasteiger partial charge on any atom is 0.412 e. The fourth-order valence-electron chi connectivity index (χ4n) is 5.08. The van der Waals surface area contributed by atoms with Crippen molar-refractivity contribution in [1.82, 2.24) is 5.32 Å². The molecule has 1 aliphatic carbocycles. The van der Waals surface area contributed by atoms with Crippen molar-refractivity contribution in [3.8, 4) is 5.75 Å². The number of nitrogens with zero attached hydrogens (tertiary/aromatic N) is 1. The zero-order chi connectivity index (χ0) is 21.8. The van der Waals surface area contributed by atoms with Crippen LogP contribution in [0.3, 0.4) is 0 Å². The third-order valence-corrected chi connectivity index (χ3v) is 7.08. The minimum atomic E-state index is -0.336. The summed E-state index contributed by atoms with van der Waals surface area (Å²) in [6.45, 7) is 9.63. The van der Waals surface area contributed by atoms with E-state index in [1.165, 1.54) is 42.5 Å². The number of fused-ring (bicyclic) bond motifs is 1. The lowest BCUT2D eigenvalue weighted by Gasteiger charge is -2.36. The molecule has 1 N–H and O–H groups in total. The van der Waals surface area contributed by atoms with Crippen molar-refractivity contribution in [2.75, 3.05) is 18.0 Å². The van der Waals surface area contributed by atoms with E-state index in [2.05, 4.69) is 61.3 Å². The van der Waals surface area contributed by atoms with Gasteiger partial charge in [-0.3, -0.25) is 0 Å². The first kappa shape index (κ1) is 21.7. The molecule has 2 aliphatic rings. The first-order valence-corrected chi connectivity index (χ1v) is 11.8. The molecule has 1 fully saturated rings. The Balaban J connectivity index is 1.25. The van der Waals surface area contributed by atoms with Crippen LogP contribution in [-0.2, 0) is 13.0 Å². The van der Waals surface area contributed by atoms with E-state index >= 15 is 0 Å². The van der Waals surface area contributed by atoms with Gasteiger partial charge < -0.3 is 15.0 Å². The Kier molecular flexibility index (Phi) is 6.54. The summed E-state index contributed by atoms with van der Waals surface area (Å²) < 4.78 is 5.59. The van der Waals surface area contributed by atoms with Crippen LogP contribution in [0, 0.1) is 17.3 Å². The van der Waals surface area contributed by atoms with E-state index < -0.39 is 0 Å². The molecular formula is C27H36N2O2. The summed E-state index contributed by atoms with van der Waals surface area (Å²) in [7, 11) is 0. The Hall–Kier alpha value is -2.49. The predicted octanol–water partition coefficient (Wildman–Crippen LogP) is 6.19. The van der Waals surface area contributed by atoms with Crippen LogP contribution in [0.2, 0.25) is 0 Å². The van der Waals surface area contributed by atoms with Gasteiger partial charge in [0.2, 0.25) is 0 Å². The van der Waals surface area contributed by atoms with Gasteiger partial charge in [0.1, 0.15) is 5.75 Å². The standard InChI is InChI=1S/C27H36N2O2/c1-27(2,3)23-11-9-20(10-12-23)18-28-26(30)31-24-13-14-25-22(17-24)15-16-29(25)19-21-7-5-4-6-8-21/h4-8,13-14,17,20,23H,9-12,15-16,18-19H2,1-3H3,(H,28,30). The average Bonchev–Trinajstić information content (AvgIpc) is 3.14. The van der Waals surface area contributed by atoms with E-state index in [0.29, 0.717) is 23.6 Å². The number of rotatable bonds is 5. The minimum absolute atomic E-state index is 0.336. The van der Waals surface area contributed by atoms with Crippen LogP contribution in [0.5, 0.6) is 5.75 Å². The lowest BCUT2D eigenvalue weighted by molar-refractivity contribution is 0.146. The monoisotopic (exact) mass is 420 g/mol. The molecule has 31 heavy (non-hydrogen) atoms. The van der Waals surface area contributed by atoms with Crippen LogP contribution in [0.1, 0.15) is 57.6 Å². The van der Waals surface area contributed by atoms with E-state index in [1.54, 1.807) is 0 Å². The van der Waals surface area contributed by atoms with Gasteiger partial charge in [0.25, 0.3) is 0 Å². The van der Waals surface area contributed by atoms with Crippen molar-refractivity contribution in [2.45, 2.75) is 59.4 Å². The summed E-state index contributed by atoms with van der Waals surface area (Å²) in [4.78, 5) is 14.7. The third-order valence-electron chi connectivity index (χ3n) is 7.08. The van der Waals surface area contributed by atoms with Crippen molar-refractivity contribution in [3.05, 3.63) is 59.7 Å². The Bertz CT molecular complexity index is 880. The van der Waals surface area contributed by atoms with E-state index in [4.69, 9.17) is 4.74 Å². The molecule has 0 aromatic heterocycles. The fourth-order valence-corrected chi connectivity index (χ4v) is 5.08. The summed E-state index contributed by atoms with van der Waals surface area (Å²) in [5.41, 5.74) is 4.20. The molecule has 1 amide bonds. The van der Waals surface area contributed by atoms with Gasteiger partial charge in [0.05, 0.1) is 0 Å². The summed E-state index contributed by atoms with van der Waals surface area (Å²) in [5, 5.41) is 2.99. The predicted molar refractivity (Wildman–Crippen MR) is 127 cm³/mol. The number of hydrogen-bond donors (Lipinski definition) is 1. The molecule has 1 saturated carbocycles. The van der Waals surface area contributed by atoms with E-state index in [1.807, 2.05) is 18.2 Å². The highest BCUT2D eigenvalue weighted by Crippen LogP contribution is 2.39. The molecule has 2 aromatic rings. The van der Waals surface area contributed by atoms with Crippen LogP contribution >= 0.6 is 0 Å². The molecule has 4 heteroatoms. The van der Waals surface area contributed by atoms with E-state index in [9.17, 15) is 4.79 Å². The molecule has 4 rings (SSSR count). The highest BCUT2D eigenvalue weighted by molar-refractivity contribution is 5.71.